The van der Waals surface area contributed by atoms with Crippen LogP contribution in [0.2, 0.25) is 0 Å². The molecule has 0 spiro atoms. The van der Waals surface area contributed by atoms with Gasteiger partial charge in [-0.1, -0.05) is 17.7 Å². The van der Waals surface area contributed by atoms with Crippen LogP contribution < -0.4 is 4.90 Å². The Hall–Kier alpha value is -1.74. The quantitative estimate of drug-likeness (QED) is 0.679. The van der Waals surface area contributed by atoms with Gasteiger partial charge in [-0.2, -0.15) is 0 Å². The minimum Gasteiger partial charge on any atom is -0.467 e. The smallest absolute Gasteiger partial charge is 0.123 e. The molecule has 0 amide bonds. The van der Waals surface area contributed by atoms with Crippen molar-refractivity contribution in [1.82, 2.24) is 0 Å². The first kappa shape index (κ1) is 14.7. The summed E-state index contributed by atoms with van der Waals surface area (Å²) in [5, 5.41) is 0. The van der Waals surface area contributed by atoms with Gasteiger partial charge in [0.05, 0.1) is 12.8 Å². The van der Waals surface area contributed by atoms with Crippen molar-refractivity contribution in [3.63, 3.8) is 0 Å². The van der Waals surface area contributed by atoms with Crippen molar-refractivity contribution in [2.75, 3.05) is 25.2 Å². The highest BCUT2D eigenvalue weighted by Gasteiger charge is 2.08. The van der Waals surface area contributed by atoms with E-state index in [2.05, 4.69) is 36.1 Å². The maximum Gasteiger partial charge on any atom is 0.123 e. The second kappa shape index (κ2) is 7.75. The Bertz CT molecular complexity index is 476. The normalized spacial score (nSPS) is 10.7. The molecule has 2 aromatic rings. The molecule has 0 aliphatic rings. The number of anilines is 1. The molecular weight excluding hydrogens is 250 g/mol. The summed E-state index contributed by atoms with van der Waals surface area (Å²) >= 11 is 0. The second-order valence-corrected chi connectivity index (χ2v) is 5.04. The van der Waals surface area contributed by atoms with Gasteiger partial charge in [-0.25, -0.2) is 0 Å². The number of hydrogen-bond donors (Lipinski definition) is 0. The predicted octanol–water partition coefficient (Wildman–Crippen LogP) is 4.02. The second-order valence-electron chi connectivity index (χ2n) is 5.04. The lowest BCUT2D eigenvalue weighted by molar-refractivity contribution is 0.193. The molecule has 3 heteroatoms. The Morgan fingerprint density at radius 3 is 2.55 bits per heavy atom. The zero-order chi connectivity index (χ0) is 14.2. The minimum atomic E-state index is 0.809. The molecule has 1 heterocycles. The Kier molecular flexibility index (Phi) is 5.69. The van der Waals surface area contributed by atoms with Gasteiger partial charge in [-0.05, 0) is 44.0 Å². The predicted molar refractivity (Wildman–Crippen MR) is 82.0 cm³/mol. The molecule has 0 fully saturated rings. The summed E-state index contributed by atoms with van der Waals surface area (Å²) in [6, 6.07) is 12.6. The van der Waals surface area contributed by atoms with Gasteiger partial charge in [0.15, 0.2) is 0 Å². The average molecular weight is 273 g/mol. The largest absolute Gasteiger partial charge is 0.467 e. The van der Waals surface area contributed by atoms with Crippen molar-refractivity contribution in [3.8, 4) is 0 Å². The van der Waals surface area contributed by atoms with E-state index in [9.17, 15) is 0 Å². The minimum absolute atomic E-state index is 0.809. The van der Waals surface area contributed by atoms with Crippen LogP contribution in [0.4, 0.5) is 5.69 Å². The molecule has 0 aliphatic heterocycles. The monoisotopic (exact) mass is 273 g/mol. The van der Waals surface area contributed by atoms with E-state index >= 15 is 0 Å². The number of unbranched alkanes of at least 4 members (excludes halogenated alkanes) is 1. The molecule has 1 aromatic heterocycles. The van der Waals surface area contributed by atoms with Crippen LogP contribution in [0, 0.1) is 6.92 Å². The standard InChI is InChI=1S/C17H23NO2/c1-15-7-9-16(10-8-15)18(11-3-4-12-19-2)14-17-6-5-13-20-17/h5-10,13H,3-4,11-12,14H2,1-2H3. The molecule has 3 nitrogen and oxygen atoms in total. The SMILES string of the molecule is COCCCCN(Cc1ccco1)c1ccc(C)cc1. The van der Waals surface area contributed by atoms with Crippen molar-refractivity contribution in [2.45, 2.75) is 26.3 Å². The fourth-order valence-corrected chi connectivity index (χ4v) is 2.19. The molecule has 0 unspecified atom stereocenters. The number of furan rings is 1. The van der Waals surface area contributed by atoms with E-state index in [0.29, 0.717) is 0 Å². The van der Waals surface area contributed by atoms with Crippen LogP contribution in [-0.4, -0.2) is 20.3 Å². The molecule has 0 N–H and O–H groups in total. The van der Waals surface area contributed by atoms with E-state index in [1.807, 2.05) is 12.1 Å². The lowest BCUT2D eigenvalue weighted by Crippen LogP contribution is -2.23. The summed E-state index contributed by atoms with van der Waals surface area (Å²) in [5.74, 6) is 0.998. The van der Waals surface area contributed by atoms with Gasteiger partial charge in [0, 0.05) is 25.9 Å². The number of methoxy groups -OCH3 is 1. The maximum absolute atomic E-state index is 5.47. The van der Waals surface area contributed by atoms with Crippen LogP contribution >= 0.6 is 0 Å². The maximum atomic E-state index is 5.47. The third kappa shape index (κ3) is 4.42. The molecule has 108 valence electrons. The molecule has 0 aliphatic carbocycles. The highest BCUT2D eigenvalue weighted by molar-refractivity contribution is 5.47. The number of benzene rings is 1. The fourth-order valence-electron chi connectivity index (χ4n) is 2.19. The van der Waals surface area contributed by atoms with E-state index in [1.54, 1.807) is 13.4 Å². The van der Waals surface area contributed by atoms with Crippen LogP contribution in [0.25, 0.3) is 0 Å². The van der Waals surface area contributed by atoms with Gasteiger partial charge in [-0.3, -0.25) is 0 Å². The van der Waals surface area contributed by atoms with Gasteiger partial charge in [0.2, 0.25) is 0 Å². The third-order valence-corrected chi connectivity index (χ3v) is 3.35. The van der Waals surface area contributed by atoms with Gasteiger partial charge in [0.1, 0.15) is 5.76 Å². The summed E-state index contributed by atoms with van der Waals surface area (Å²) in [6.45, 7) is 4.75. The molecule has 20 heavy (non-hydrogen) atoms. The first-order valence-electron chi connectivity index (χ1n) is 7.12. The Morgan fingerprint density at radius 1 is 1.10 bits per heavy atom. The van der Waals surface area contributed by atoms with E-state index in [0.717, 1.165) is 38.3 Å². The summed E-state index contributed by atoms with van der Waals surface area (Å²) < 4.78 is 10.6. The number of aryl methyl sites for hydroxylation is 1. The molecule has 2 rings (SSSR count). The highest BCUT2D eigenvalue weighted by Crippen LogP contribution is 2.19. The summed E-state index contributed by atoms with van der Waals surface area (Å²) in [5.41, 5.74) is 2.52. The number of hydrogen-bond acceptors (Lipinski definition) is 3. The number of rotatable bonds is 8. The van der Waals surface area contributed by atoms with Crippen molar-refractivity contribution in [2.24, 2.45) is 0 Å². The van der Waals surface area contributed by atoms with E-state index < -0.39 is 0 Å². The lowest BCUT2D eigenvalue weighted by atomic mass is 10.2. The first-order chi connectivity index (χ1) is 9.79. The molecular formula is C17H23NO2. The molecule has 0 saturated heterocycles. The van der Waals surface area contributed by atoms with Crippen molar-refractivity contribution >= 4 is 5.69 Å². The molecule has 0 saturated carbocycles. The van der Waals surface area contributed by atoms with Crippen molar-refractivity contribution < 1.29 is 9.15 Å². The van der Waals surface area contributed by atoms with E-state index in [-0.39, 0.29) is 0 Å². The van der Waals surface area contributed by atoms with Crippen LogP contribution in [0.3, 0.4) is 0 Å². The Morgan fingerprint density at radius 2 is 1.90 bits per heavy atom. The van der Waals surface area contributed by atoms with E-state index in [4.69, 9.17) is 9.15 Å². The summed E-state index contributed by atoms with van der Waals surface area (Å²) in [6.07, 6.45) is 3.92. The van der Waals surface area contributed by atoms with Crippen molar-refractivity contribution in [3.05, 3.63) is 54.0 Å². The van der Waals surface area contributed by atoms with Crippen LogP contribution in [0.15, 0.2) is 47.1 Å². The zero-order valence-corrected chi connectivity index (χ0v) is 12.3. The topological polar surface area (TPSA) is 25.6 Å². The molecule has 1 aromatic carbocycles. The summed E-state index contributed by atoms with van der Waals surface area (Å²) in [7, 11) is 1.75. The van der Waals surface area contributed by atoms with Gasteiger partial charge < -0.3 is 14.1 Å². The van der Waals surface area contributed by atoms with Crippen molar-refractivity contribution in [1.29, 1.82) is 0 Å². The third-order valence-electron chi connectivity index (χ3n) is 3.35. The van der Waals surface area contributed by atoms with Gasteiger partial charge in [-0.15, -0.1) is 0 Å². The zero-order valence-electron chi connectivity index (χ0n) is 12.3. The Labute approximate surface area is 121 Å². The van der Waals surface area contributed by atoms with Gasteiger partial charge in [0.25, 0.3) is 0 Å². The van der Waals surface area contributed by atoms with Crippen LogP contribution in [0.5, 0.6) is 0 Å². The van der Waals surface area contributed by atoms with E-state index in [1.165, 1.54) is 11.3 Å². The number of nitrogens with zero attached hydrogens (tertiary/aromatic N) is 1. The molecule has 0 radical (unpaired) electrons. The van der Waals surface area contributed by atoms with Gasteiger partial charge >= 0.3 is 0 Å². The Balaban J connectivity index is 2.00. The lowest BCUT2D eigenvalue weighted by Gasteiger charge is -2.24. The summed E-state index contributed by atoms with van der Waals surface area (Å²) in [4.78, 5) is 2.36. The first-order valence-corrected chi connectivity index (χ1v) is 7.12. The fraction of sp³-hybridized carbons (Fsp3) is 0.412. The van der Waals surface area contributed by atoms with Crippen LogP contribution in [-0.2, 0) is 11.3 Å². The number of ether oxygens (including phenoxy) is 1. The molecule has 0 bridgehead atoms. The average Bonchev–Trinajstić information content (AvgIpc) is 2.96. The highest BCUT2D eigenvalue weighted by atomic mass is 16.5. The van der Waals surface area contributed by atoms with Crippen LogP contribution in [0.1, 0.15) is 24.2 Å². The molecule has 0 atom stereocenters.